The first kappa shape index (κ1) is 18.9. The summed E-state index contributed by atoms with van der Waals surface area (Å²) in [6.07, 6.45) is 3.75. The average Bonchev–Trinajstić information content (AvgIpc) is 3.25. The lowest BCUT2D eigenvalue weighted by Crippen LogP contribution is -2.21. The maximum atomic E-state index is 12.6. The maximum Gasteiger partial charge on any atom is 0.273 e. The Kier molecular flexibility index (Phi) is 5.86. The van der Waals surface area contributed by atoms with Gasteiger partial charge in [-0.2, -0.15) is 5.10 Å². The molecular weight excluding hydrogens is 356 g/mol. The quantitative estimate of drug-likeness (QED) is 0.489. The van der Waals surface area contributed by atoms with E-state index in [2.05, 4.69) is 10.5 Å². The van der Waals surface area contributed by atoms with Crippen LogP contribution in [0, 0.1) is 0 Å². The van der Waals surface area contributed by atoms with Crippen LogP contribution in [-0.4, -0.2) is 28.7 Å². The number of hydrogen-bond donors (Lipinski definition) is 2. The number of amides is 2. The molecule has 3 aromatic rings. The average molecular weight is 376 g/mol. The van der Waals surface area contributed by atoms with Gasteiger partial charge in [-0.05, 0) is 61.0 Å². The van der Waals surface area contributed by atoms with Crippen LogP contribution in [0.3, 0.4) is 0 Å². The lowest BCUT2D eigenvalue weighted by atomic mass is 10.1. The van der Waals surface area contributed by atoms with Crippen molar-refractivity contribution in [3.63, 3.8) is 0 Å². The third-order valence-corrected chi connectivity index (χ3v) is 4.01. The van der Waals surface area contributed by atoms with Crippen molar-refractivity contribution in [2.75, 3.05) is 6.61 Å². The Hall–Kier alpha value is -3.87. The van der Waals surface area contributed by atoms with Gasteiger partial charge in [0.1, 0.15) is 5.75 Å². The summed E-state index contributed by atoms with van der Waals surface area (Å²) in [6, 6.07) is 18.1. The normalized spacial score (nSPS) is 11.1. The minimum atomic E-state index is -0.537. The molecule has 0 saturated heterocycles. The Morgan fingerprint density at radius 1 is 1.04 bits per heavy atom. The van der Waals surface area contributed by atoms with E-state index in [1.165, 1.54) is 0 Å². The van der Waals surface area contributed by atoms with Gasteiger partial charge in [0.25, 0.3) is 11.8 Å². The van der Waals surface area contributed by atoms with Crippen molar-refractivity contribution in [3.8, 4) is 11.4 Å². The highest BCUT2D eigenvalue weighted by molar-refractivity contribution is 6.02. The number of nitrogens with one attached hydrogen (secondary N) is 1. The Bertz CT molecular complexity index is 993. The maximum absolute atomic E-state index is 12.6. The van der Waals surface area contributed by atoms with Crippen LogP contribution in [0.5, 0.6) is 5.75 Å². The molecular formula is C21H20N4O3. The summed E-state index contributed by atoms with van der Waals surface area (Å²) >= 11 is 0. The van der Waals surface area contributed by atoms with Gasteiger partial charge in [0, 0.05) is 12.4 Å². The van der Waals surface area contributed by atoms with E-state index in [0.29, 0.717) is 17.0 Å². The van der Waals surface area contributed by atoms with Crippen molar-refractivity contribution >= 4 is 17.5 Å². The lowest BCUT2D eigenvalue weighted by molar-refractivity contribution is -0.119. The molecule has 142 valence electrons. The summed E-state index contributed by atoms with van der Waals surface area (Å²) in [6.45, 7) is 1.61. The molecule has 1 heterocycles. The minimum absolute atomic E-state index is 0.177. The van der Waals surface area contributed by atoms with Crippen LogP contribution in [0.15, 0.2) is 78.2 Å². The number of primary amides is 1. The first-order chi connectivity index (χ1) is 13.5. The zero-order valence-corrected chi connectivity index (χ0v) is 15.3. The molecule has 0 unspecified atom stereocenters. The third-order valence-electron chi connectivity index (χ3n) is 4.01. The number of hydrogen-bond acceptors (Lipinski definition) is 4. The number of rotatable bonds is 7. The van der Waals surface area contributed by atoms with E-state index in [1.807, 2.05) is 47.3 Å². The third kappa shape index (κ3) is 4.64. The molecule has 0 fully saturated rings. The van der Waals surface area contributed by atoms with Crippen molar-refractivity contribution in [2.45, 2.75) is 6.92 Å². The molecule has 0 spiro atoms. The molecule has 0 bridgehead atoms. The molecule has 3 N–H and O–H groups in total. The molecule has 0 atom stereocenters. The SMILES string of the molecule is CC(=NNC(=O)c1ccccc1-n1cccc1)c1ccc(OCC(N)=O)cc1. The largest absolute Gasteiger partial charge is 0.484 e. The molecule has 7 heteroatoms. The Morgan fingerprint density at radius 3 is 2.39 bits per heavy atom. The van der Waals surface area contributed by atoms with E-state index in [-0.39, 0.29) is 12.5 Å². The van der Waals surface area contributed by atoms with E-state index in [0.717, 1.165) is 11.3 Å². The fourth-order valence-electron chi connectivity index (χ4n) is 2.59. The van der Waals surface area contributed by atoms with Crippen LogP contribution >= 0.6 is 0 Å². The van der Waals surface area contributed by atoms with Crippen LogP contribution in [0.4, 0.5) is 0 Å². The molecule has 1 aromatic heterocycles. The number of ether oxygens (including phenoxy) is 1. The number of benzene rings is 2. The molecule has 0 saturated carbocycles. The molecule has 0 aliphatic rings. The van der Waals surface area contributed by atoms with Crippen LogP contribution in [0.25, 0.3) is 5.69 Å². The van der Waals surface area contributed by atoms with Gasteiger partial charge >= 0.3 is 0 Å². The summed E-state index contributed by atoms with van der Waals surface area (Å²) in [7, 11) is 0. The molecule has 2 amide bonds. The zero-order chi connectivity index (χ0) is 19.9. The fraction of sp³-hybridized carbons (Fsp3) is 0.0952. The number of carbonyl (C=O) groups is 2. The highest BCUT2D eigenvalue weighted by Gasteiger charge is 2.11. The molecule has 0 radical (unpaired) electrons. The van der Waals surface area contributed by atoms with Gasteiger partial charge in [-0.3, -0.25) is 9.59 Å². The lowest BCUT2D eigenvalue weighted by Gasteiger charge is -2.10. The molecule has 28 heavy (non-hydrogen) atoms. The van der Waals surface area contributed by atoms with Crippen molar-refractivity contribution in [1.82, 2.24) is 9.99 Å². The second-order valence-electron chi connectivity index (χ2n) is 6.02. The van der Waals surface area contributed by atoms with Gasteiger partial charge in [0.05, 0.1) is 17.0 Å². The van der Waals surface area contributed by atoms with Gasteiger partial charge in [-0.15, -0.1) is 0 Å². The highest BCUT2D eigenvalue weighted by atomic mass is 16.5. The van der Waals surface area contributed by atoms with Crippen molar-refractivity contribution in [1.29, 1.82) is 0 Å². The van der Waals surface area contributed by atoms with Gasteiger partial charge in [0.2, 0.25) is 0 Å². The predicted octanol–water partition coefficient (Wildman–Crippen LogP) is 2.50. The number of para-hydroxylation sites is 1. The molecule has 0 aliphatic heterocycles. The van der Waals surface area contributed by atoms with Crippen molar-refractivity contribution in [2.24, 2.45) is 10.8 Å². The molecule has 7 nitrogen and oxygen atoms in total. The van der Waals surface area contributed by atoms with Gasteiger partial charge in [-0.1, -0.05) is 12.1 Å². The highest BCUT2D eigenvalue weighted by Crippen LogP contribution is 2.15. The van der Waals surface area contributed by atoms with Crippen LogP contribution < -0.4 is 15.9 Å². The number of nitrogens with two attached hydrogens (primary N) is 1. The van der Waals surface area contributed by atoms with Crippen LogP contribution in [0.1, 0.15) is 22.8 Å². The predicted molar refractivity (Wildman–Crippen MR) is 107 cm³/mol. The first-order valence-electron chi connectivity index (χ1n) is 8.63. The van der Waals surface area contributed by atoms with E-state index >= 15 is 0 Å². The summed E-state index contributed by atoms with van der Waals surface area (Å²) in [5.41, 5.74) is 10.4. The monoisotopic (exact) mass is 376 g/mol. The topological polar surface area (TPSA) is 98.7 Å². The Labute approximate surface area is 162 Å². The molecule has 3 rings (SSSR count). The van der Waals surface area contributed by atoms with Gasteiger partial charge in [0.15, 0.2) is 6.61 Å². The Balaban J connectivity index is 1.70. The summed E-state index contributed by atoms with van der Waals surface area (Å²) < 4.78 is 7.09. The summed E-state index contributed by atoms with van der Waals surface area (Å²) in [5.74, 6) is -0.310. The number of carbonyl (C=O) groups excluding carboxylic acids is 2. The van der Waals surface area contributed by atoms with Crippen molar-refractivity contribution < 1.29 is 14.3 Å². The second-order valence-corrected chi connectivity index (χ2v) is 6.02. The smallest absolute Gasteiger partial charge is 0.273 e. The molecule has 2 aromatic carbocycles. The second kappa shape index (κ2) is 8.68. The number of hydrazone groups is 1. The van der Waals surface area contributed by atoms with Gasteiger partial charge < -0.3 is 15.0 Å². The van der Waals surface area contributed by atoms with Gasteiger partial charge in [-0.25, -0.2) is 5.43 Å². The molecule has 0 aliphatic carbocycles. The standard InChI is InChI=1S/C21H20N4O3/c1-15(16-8-10-17(11-9-16)28-14-20(22)26)23-24-21(27)18-6-2-3-7-19(18)25-12-4-5-13-25/h2-13H,14H2,1H3,(H2,22,26)(H,24,27). The van der Waals surface area contributed by atoms with E-state index in [4.69, 9.17) is 10.5 Å². The van der Waals surface area contributed by atoms with E-state index < -0.39 is 5.91 Å². The summed E-state index contributed by atoms with van der Waals surface area (Å²) in [5, 5.41) is 4.19. The zero-order valence-electron chi connectivity index (χ0n) is 15.3. The number of aromatic nitrogens is 1. The van der Waals surface area contributed by atoms with Crippen LogP contribution in [-0.2, 0) is 4.79 Å². The summed E-state index contributed by atoms with van der Waals surface area (Å²) in [4.78, 5) is 23.4. The van der Waals surface area contributed by atoms with E-state index in [1.54, 1.807) is 37.3 Å². The minimum Gasteiger partial charge on any atom is -0.484 e. The fourth-order valence-corrected chi connectivity index (χ4v) is 2.59. The van der Waals surface area contributed by atoms with E-state index in [9.17, 15) is 9.59 Å². The van der Waals surface area contributed by atoms with Crippen LogP contribution in [0.2, 0.25) is 0 Å². The Morgan fingerprint density at radius 2 is 1.71 bits per heavy atom. The number of nitrogens with zero attached hydrogens (tertiary/aromatic N) is 2. The first-order valence-corrected chi connectivity index (χ1v) is 8.63. The van der Waals surface area contributed by atoms with Crippen molar-refractivity contribution in [3.05, 3.63) is 84.2 Å².